The van der Waals surface area contributed by atoms with Crippen molar-refractivity contribution >= 4 is 27.1 Å². The van der Waals surface area contributed by atoms with E-state index >= 15 is 0 Å². The number of hydrogen-bond donors (Lipinski definition) is 0. The maximum absolute atomic E-state index is 12.6. The number of nitrogens with zero attached hydrogens (tertiary/aromatic N) is 1. The molecule has 1 amide bonds. The number of rotatable bonds is 4. The number of hydrogen-bond acceptors (Lipinski definition) is 5. The molecule has 1 aliphatic rings. The average molecular weight is 325 g/mol. The van der Waals surface area contributed by atoms with Crippen LogP contribution in [0.15, 0.2) is 40.3 Å². The predicted octanol–water partition coefficient (Wildman–Crippen LogP) is 2.17. The quantitative estimate of drug-likeness (QED) is 0.864. The first-order valence-electron chi connectivity index (χ1n) is 6.62. The van der Waals surface area contributed by atoms with Gasteiger partial charge in [0.1, 0.15) is 5.76 Å². The molecule has 0 aliphatic carbocycles. The van der Waals surface area contributed by atoms with Crippen LogP contribution in [0.3, 0.4) is 0 Å². The lowest BCUT2D eigenvalue weighted by Gasteiger charge is -2.27. The second-order valence-corrected chi connectivity index (χ2v) is 8.22. The van der Waals surface area contributed by atoms with Crippen LogP contribution in [0.5, 0.6) is 0 Å². The molecule has 1 aliphatic heterocycles. The third-order valence-corrected chi connectivity index (χ3v) is 6.16. The molecule has 0 saturated carbocycles. The molecule has 3 heterocycles. The Morgan fingerprint density at radius 1 is 1.38 bits per heavy atom. The Hall–Kier alpha value is -1.60. The summed E-state index contributed by atoms with van der Waals surface area (Å²) in [7, 11) is -3.04. The summed E-state index contributed by atoms with van der Waals surface area (Å²) in [6.07, 6.45) is 2.04. The molecule has 7 heteroatoms. The lowest BCUT2D eigenvalue weighted by atomic mass is 10.2. The van der Waals surface area contributed by atoms with Gasteiger partial charge in [0.05, 0.1) is 29.2 Å². The molecule has 2 aromatic rings. The number of carbonyl (C=O) groups is 1. The highest BCUT2D eigenvalue weighted by atomic mass is 32.2. The van der Waals surface area contributed by atoms with E-state index in [2.05, 4.69) is 0 Å². The van der Waals surface area contributed by atoms with Crippen molar-refractivity contribution in [2.24, 2.45) is 0 Å². The molecule has 0 radical (unpaired) electrons. The lowest BCUT2D eigenvalue weighted by Crippen LogP contribution is -2.40. The van der Waals surface area contributed by atoms with E-state index in [0.29, 0.717) is 23.6 Å². The molecule has 3 rings (SSSR count). The SMILES string of the molecule is O=C(c1cccs1)N(Cc1ccco1)[C@@H]1CCS(=O)(=O)C1. The van der Waals surface area contributed by atoms with Crippen LogP contribution >= 0.6 is 11.3 Å². The van der Waals surface area contributed by atoms with Crippen molar-refractivity contribution in [3.05, 3.63) is 46.5 Å². The van der Waals surface area contributed by atoms with Crippen molar-refractivity contribution in [1.29, 1.82) is 0 Å². The lowest BCUT2D eigenvalue weighted by molar-refractivity contribution is 0.0671. The molecule has 0 N–H and O–H groups in total. The monoisotopic (exact) mass is 325 g/mol. The molecule has 5 nitrogen and oxygen atoms in total. The average Bonchev–Trinajstić information content (AvgIpc) is 3.16. The van der Waals surface area contributed by atoms with Gasteiger partial charge in [0, 0.05) is 6.04 Å². The fourth-order valence-electron chi connectivity index (χ4n) is 2.50. The molecule has 0 spiro atoms. The van der Waals surface area contributed by atoms with Gasteiger partial charge in [-0.15, -0.1) is 11.3 Å². The molecule has 2 aromatic heterocycles. The van der Waals surface area contributed by atoms with Crippen LogP contribution in [-0.4, -0.2) is 36.8 Å². The molecule has 0 aromatic carbocycles. The normalized spacial score (nSPS) is 20.5. The highest BCUT2D eigenvalue weighted by Gasteiger charge is 2.35. The van der Waals surface area contributed by atoms with Gasteiger partial charge in [-0.05, 0) is 30.0 Å². The molecular weight excluding hydrogens is 310 g/mol. The van der Waals surface area contributed by atoms with Crippen LogP contribution in [-0.2, 0) is 16.4 Å². The van der Waals surface area contributed by atoms with Gasteiger partial charge in [0.15, 0.2) is 9.84 Å². The van der Waals surface area contributed by atoms with Gasteiger partial charge >= 0.3 is 0 Å². The Labute approximate surface area is 127 Å². The first kappa shape index (κ1) is 14.3. The van der Waals surface area contributed by atoms with Crippen LogP contribution in [0.25, 0.3) is 0 Å². The number of carbonyl (C=O) groups excluding carboxylic acids is 1. The van der Waals surface area contributed by atoms with Gasteiger partial charge in [-0.25, -0.2) is 8.42 Å². The van der Waals surface area contributed by atoms with Gasteiger partial charge in [0.25, 0.3) is 5.91 Å². The van der Waals surface area contributed by atoms with E-state index in [4.69, 9.17) is 4.42 Å². The molecule has 0 unspecified atom stereocenters. The zero-order valence-corrected chi connectivity index (χ0v) is 12.9. The van der Waals surface area contributed by atoms with Crippen LogP contribution in [0, 0.1) is 0 Å². The number of amides is 1. The second kappa shape index (κ2) is 5.65. The zero-order chi connectivity index (χ0) is 14.9. The summed E-state index contributed by atoms with van der Waals surface area (Å²) < 4.78 is 28.7. The molecule has 1 atom stereocenters. The Kier molecular flexibility index (Phi) is 3.86. The van der Waals surface area contributed by atoms with Crippen molar-refractivity contribution in [3.8, 4) is 0 Å². The Morgan fingerprint density at radius 3 is 2.81 bits per heavy atom. The van der Waals surface area contributed by atoms with E-state index in [0.717, 1.165) is 0 Å². The second-order valence-electron chi connectivity index (χ2n) is 5.05. The van der Waals surface area contributed by atoms with Crippen LogP contribution in [0.1, 0.15) is 21.9 Å². The smallest absolute Gasteiger partial charge is 0.264 e. The fraction of sp³-hybridized carbons (Fsp3) is 0.357. The molecular formula is C14H15NO4S2. The summed E-state index contributed by atoms with van der Waals surface area (Å²) in [6.45, 7) is 0.296. The number of sulfone groups is 1. The summed E-state index contributed by atoms with van der Waals surface area (Å²) in [6, 6.07) is 6.84. The van der Waals surface area contributed by atoms with Gasteiger partial charge in [-0.3, -0.25) is 4.79 Å². The summed E-state index contributed by atoms with van der Waals surface area (Å²) in [5, 5.41) is 1.84. The minimum atomic E-state index is -3.04. The first-order valence-corrected chi connectivity index (χ1v) is 9.32. The summed E-state index contributed by atoms with van der Waals surface area (Å²) in [5.41, 5.74) is 0. The Balaban J connectivity index is 1.86. The summed E-state index contributed by atoms with van der Waals surface area (Å²) in [5.74, 6) is 0.696. The number of furan rings is 1. The highest BCUT2D eigenvalue weighted by molar-refractivity contribution is 7.91. The minimum Gasteiger partial charge on any atom is -0.467 e. The molecule has 0 bridgehead atoms. The standard InChI is InChI=1S/C14H15NO4S2/c16-14(13-4-2-7-20-13)15(9-12-3-1-6-19-12)11-5-8-21(17,18)10-11/h1-4,6-7,11H,5,8-10H2/t11-/m1/s1. The fourth-order valence-corrected chi connectivity index (χ4v) is 4.91. The van der Waals surface area contributed by atoms with E-state index in [-0.39, 0.29) is 23.5 Å². The van der Waals surface area contributed by atoms with Crippen LogP contribution < -0.4 is 0 Å². The van der Waals surface area contributed by atoms with Gasteiger partial charge in [0.2, 0.25) is 0 Å². The summed E-state index contributed by atoms with van der Waals surface area (Å²) in [4.78, 5) is 14.9. The predicted molar refractivity (Wildman–Crippen MR) is 80.0 cm³/mol. The van der Waals surface area contributed by atoms with E-state index in [1.165, 1.54) is 11.3 Å². The van der Waals surface area contributed by atoms with Gasteiger partial charge in [-0.1, -0.05) is 6.07 Å². The minimum absolute atomic E-state index is 0.0326. The van der Waals surface area contributed by atoms with Gasteiger partial charge < -0.3 is 9.32 Å². The van der Waals surface area contributed by atoms with E-state index in [1.54, 1.807) is 29.4 Å². The van der Waals surface area contributed by atoms with Crippen molar-refractivity contribution in [1.82, 2.24) is 4.90 Å². The molecule has 21 heavy (non-hydrogen) atoms. The first-order chi connectivity index (χ1) is 10.1. The topological polar surface area (TPSA) is 67.6 Å². The van der Waals surface area contributed by atoms with Crippen molar-refractivity contribution in [3.63, 3.8) is 0 Å². The maximum atomic E-state index is 12.6. The molecule has 112 valence electrons. The Bertz CT molecular complexity index is 704. The van der Waals surface area contributed by atoms with E-state index < -0.39 is 9.84 Å². The number of thiophene rings is 1. The largest absolute Gasteiger partial charge is 0.467 e. The zero-order valence-electron chi connectivity index (χ0n) is 11.3. The highest BCUT2D eigenvalue weighted by Crippen LogP contribution is 2.23. The van der Waals surface area contributed by atoms with Gasteiger partial charge in [-0.2, -0.15) is 0 Å². The maximum Gasteiger partial charge on any atom is 0.264 e. The third-order valence-electron chi connectivity index (χ3n) is 3.55. The van der Waals surface area contributed by atoms with Crippen LogP contribution in [0.4, 0.5) is 0 Å². The Morgan fingerprint density at radius 2 is 2.24 bits per heavy atom. The van der Waals surface area contributed by atoms with E-state index in [9.17, 15) is 13.2 Å². The van der Waals surface area contributed by atoms with E-state index in [1.807, 2.05) is 11.4 Å². The third kappa shape index (κ3) is 3.19. The molecule has 1 fully saturated rings. The van der Waals surface area contributed by atoms with Crippen molar-refractivity contribution in [2.75, 3.05) is 11.5 Å². The summed E-state index contributed by atoms with van der Waals surface area (Å²) >= 11 is 1.36. The van der Waals surface area contributed by atoms with Crippen LogP contribution in [0.2, 0.25) is 0 Å². The molecule has 1 saturated heterocycles. The van der Waals surface area contributed by atoms with Crippen molar-refractivity contribution < 1.29 is 17.6 Å². The van der Waals surface area contributed by atoms with Crippen molar-refractivity contribution in [2.45, 2.75) is 19.0 Å².